The molecule has 0 saturated carbocycles. The van der Waals surface area contributed by atoms with Gasteiger partial charge in [0.2, 0.25) is 0 Å². The Morgan fingerprint density at radius 1 is 1.38 bits per heavy atom. The maximum atomic E-state index is 12.3. The van der Waals surface area contributed by atoms with Crippen LogP contribution in [0, 0.1) is 0 Å². The van der Waals surface area contributed by atoms with Gasteiger partial charge in [-0.2, -0.15) is 0 Å². The Bertz CT molecular complexity index is 598. The normalized spacial score (nSPS) is 18.0. The van der Waals surface area contributed by atoms with Crippen LogP contribution in [0.3, 0.4) is 0 Å². The Hall–Kier alpha value is -1.82. The molecule has 0 bridgehead atoms. The summed E-state index contributed by atoms with van der Waals surface area (Å²) in [6.45, 7) is 3.98. The molecular weight excluding hydrogens is 336 g/mol. The minimum absolute atomic E-state index is 0.333. The van der Waals surface area contributed by atoms with Crippen molar-refractivity contribution in [3.8, 4) is 0 Å². The molecule has 2 rings (SSSR count). The molecule has 0 aliphatic carbocycles. The molecular formula is C15H17BrN2O3. The third-order valence-electron chi connectivity index (χ3n) is 3.14. The second-order valence-electron chi connectivity index (χ2n) is 4.73. The lowest BCUT2D eigenvalue weighted by Crippen LogP contribution is -2.45. The van der Waals surface area contributed by atoms with E-state index in [1.165, 1.54) is 0 Å². The summed E-state index contributed by atoms with van der Waals surface area (Å²) < 4.78 is 6.05. The van der Waals surface area contributed by atoms with E-state index < -0.39 is 12.0 Å². The minimum Gasteiger partial charge on any atom is -0.462 e. The van der Waals surface area contributed by atoms with Crippen LogP contribution in [0.25, 0.3) is 0 Å². The number of benzene rings is 1. The van der Waals surface area contributed by atoms with E-state index in [1.54, 1.807) is 6.92 Å². The van der Waals surface area contributed by atoms with Crippen LogP contribution in [0.15, 0.2) is 40.0 Å². The van der Waals surface area contributed by atoms with Gasteiger partial charge in [-0.05, 0) is 25.0 Å². The van der Waals surface area contributed by atoms with Crippen molar-refractivity contribution in [2.75, 3.05) is 6.61 Å². The van der Waals surface area contributed by atoms with Gasteiger partial charge in [-0.25, -0.2) is 9.59 Å². The predicted molar refractivity (Wildman–Crippen MR) is 82.5 cm³/mol. The maximum Gasteiger partial charge on any atom is 0.338 e. The number of halogens is 1. The number of esters is 1. The molecule has 2 N–H and O–H groups in total. The molecule has 1 aromatic rings. The van der Waals surface area contributed by atoms with E-state index in [-0.39, 0.29) is 6.03 Å². The van der Waals surface area contributed by atoms with Crippen LogP contribution >= 0.6 is 15.9 Å². The molecule has 21 heavy (non-hydrogen) atoms. The topological polar surface area (TPSA) is 67.4 Å². The van der Waals surface area contributed by atoms with Crippen LogP contribution in [-0.2, 0) is 9.53 Å². The lowest BCUT2D eigenvalue weighted by atomic mass is 9.95. The van der Waals surface area contributed by atoms with Crippen molar-refractivity contribution in [1.29, 1.82) is 0 Å². The van der Waals surface area contributed by atoms with Gasteiger partial charge in [-0.15, -0.1) is 0 Å². The van der Waals surface area contributed by atoms with Crippen LogP contribution in [-0.4, -0.2) is 18.6 Å². The Balaban J connectivity index is 2.41. The van der Waals surface area contributed by atoms with Gasteiger partial charge in [0.15, 0.2) is 0 Å². The highest BCUT2D eigenvalue weighted by Crippen LogP contribution is 2.32. The van der Waals surface area contributed by atoms with Crippen LogP contribution in [0.2, 0.25) is 0 Å². The second-order valence-corrected chi connectivity index (χ2v) is 5.58. The van der Waals surface area contributed by atoms with E-state index in [4.69, 9.17) is 4.74 Å². The summed E-state index contributed by atoms with van der Waals surface area (Å²) in [6.07, 6.45) is 0.748. The molecule has 1 aliphatic rings. The van der Waals surface area contributed by atoms with Crippen LogP contribution < -0.4 is 10.6 Å². The van der Waals surface area contributed by atoms with Crippen LogP contribution in [0.4, 0.5) is 4.79 Å². The number of urea groups is 1. The Kier molecular flexibility index (Phi) is 5.01. The zero-order valence-corrected chi connectivity index (χ0v) is 13.5. The molecule has 1 heterocycles. The Morgan fingerprint density at radius 2 is 2.10 bits per heavy atom. The first-order valence-electron chi connectivity index (χ1n) is 6.74. The predicted octanol–water partition coefficient (Wildman–Crippen LogP) is 3.03. The van der Waals surface area contributed by atoms with E-state index in [1.807, 2.05) is 31.2 Å². The number of amides is 2. The molecule has 112 valence electrons. The molecule has 5 nitrogen and oxygen atoms in total. The van der Waals surface area contributed by atoms with Crippen molar-refractivity contribution in [2.45, 2.75) is 26.3 Å². The first-order chi connectivity index (χ1) is 10.0. The SMILES string of the molecule is CCCOC(=O)C1=C(C)NC(=O)N[C@H]1c1ccccc1Br. The Morgan fingerprint density at radius 3 is 2.76 bits per heavy atom. The minimum atomic E-state index is -0.529. The van der Waals surface area contributed by atoms with Gasteiger partial charge in [0.05, 0.1) is 18.2 Å². The molecule has 0 saturated heterocycles. The molecule has 1 aromatic carbocycles. The summed E-state index contributed by atoms with van der Waals surface area (Å²) in [5.74, 6) is -0.414. The summed E-state index contributed by atoms with van der Waals surface area (Å²) >= 11 is 3.45. The molecule has 1 aliphatic heterocycles. The van der Waals surface area contributed by atoms with Gasteiger partial charge in [0, 0.05) is 10.2 Å². The number of hydrogen-bond donors (Lipinski definition) is 2. The maximum absolute atomic E-state index is 12.3. The lowest BCUT2D eigenvalue weighted by Gasteiger charge is -2.28. The number of carbonyl (C=O) groups is 2. The third-order valence-corrected chi connectivity index (χ3v) is 3.86. The number of hydrogen-bond acceptors (Lipinski definition) is 3. The second kappa shape index (κ2) is 6.76. The molecule has 2 amide bonds. The van der Waals surface area contributed by atoms with Crippen LogP contribution in [0.5, 0.6) is 0 Å². The van der Waals surface area contributed by atoms with Crippen molar-refractivity contribution in [3.63, 3.8) is 0 Å². The van der Waals surface area contributed by atoms with Crippen molar-refractivity contribution in [1.82, 2.24) is 10.6 Å². The summed E-state index contributed by atoms with van der Waals surface area (Å²) in [7, 11) is 0. The average molecular weight is 353 g/mol. The quantitative estimate of drug-likeness (QED) is 0.818. The van der Waals surface area contributed by atoms with E-state index in [9.17, 15) is 9.59 Å². The molecule has 1 atom stereocenters. The summed E-state index contributed by atoms with van der Waals surface area (Å²) in [5.41, 5.74) is 1.76. The standard InChI is InChI=1S/C15H17BrN2O3/c1-3-8-21-14(19)12-9(2)17-15(20)18-13(12)10-6-4-5-7-11(10)16/h4-7,13H,3,8H2,1-2H3,(H2,17,18,20)/t13-/m0/s1. The third kappa shape index (κ3) is 3.44. The van der Waals surface area contributed by atoms with Gasteiger partial charge in [-0.3, -0.25) is 0 Å². The largest absolute Gasteiger partial charge is 0.462 e. The van der Waals surface area contributed by atoms with Gasteiger partial charge >= 0.3 is 12.0 Å². The smallest absolute Gasteiger partial charge is 0.338 e. The van der Waals surface area contributed by atoms with Gasteiger partial charge < -0.3 is 15.4 Å². The number of rotatable bonds is 4. The monoisotopic (exact) mass is 352 g/mol. The average Bonchev–Trinajstić information content (AvgIpc) is 2.44. The zero-order chi connectivity index (χ0) is 15.4. The highest BCUT2D eigenvalue weighted by molar-refractivity contribution is 9.10. The zero-order valence-electron chi connectivity index (χ0n) is 11.9. The van der Waals surface area contributed by atoms with Crippen molar-refractivity contribution in [3.05, 3.63) is 45.6 Å². The van der Waals surface area contributed by atoms with Gasteiger partial charge in [-0.1, -0.05) is 41.1 Å². The fraction of sp³-hybridized carbons (Fsp3) is 0.333. The molecule has 0 unspecified atom stereocenters. The molecule has 0 radical (unpaired) electrons. The number of allylic oxidation sites excluding steroid dienone is 1. The fourth-order valence-corrected chi connectivity index (χ4v) is 2.69. The molecule has 0 fully saturated rings. The highest BCUT2D eigenvalue weighted by atomic mass is 79.9. The first-order valence-corrected chi connectivity index (χ1v) is 7.53. The van der Waals surface area contributed by atoms with Crippen LogP contribution in [0.1, 0.15) is 31.9 Å². The van der Waals surface area contributed by atoms with E-state index in [0.29, 0.717) is 17.9 Å². The van der Waals surface area contributed by atoms with Gasteiger partial charge in [0.25, 0.3) is 0 Å². The summed E-state index contributed by atoms with van der Waals surface area (Å²) in [6, 6.07) is 6.61. The molecule has 0 spiro atoms. The van der Waals surface area contributed by atoms with E-state index >= 15 is 0 Å². The summed E-state index contributed by atoms with van der Waals surface area (Å²) in [4.78, 5) is 24.0. The van der Waals surface area contributed by atoms with Gasteiger partial charge in [0.1, 0.15) is 0 Å². The Labute approximate surface area is 131 Å². The van der Waals surface area contributed by atoms with E-state index in [0.717, 1.165) is 16.5 Å². The van der Waals surface area contributed by atoms with Crippen molar-refractivity contribution < 1.29 is 14.3 Å². The first kappa shape index (κ1) is 15.6. The summed E-state index contributed by atoms with van der Waals surface area (Å²) in [5, 5.41) is 5.39. The molecule has 0 aromatic heterocycles. The fourth-order valence-electron chi connectivity index (χ4n) is 2.18. The van der Waals surface area contributed by atoms with E-state index in [2.05, 4.69) is 26.6 Å². The van der Waals surface area contributed by atoms with Crippen molar-refractivity contribution >= 4 is 27.9 Å². The van der Waals surface area contributed by atoms with Crippen molar-refractivity contribution in [2.24, 2.45) is 0 Å². The lowest BCUT2D eigenvalue weighted by molar-refractivity contribution is -0.139. The highest BCUT2D eigenvalue weighted by Gasteiger charge is 2.32. The number of carbonyl (C=O) groups excluding carboxylic acids is 2. The molecule has 6 heteroatoms. The number of ether oxygens (including phenoxy) is 1. The number of nitrogens with one attached hydrogen (secondary N) is 2.